The molecule has 1 heterocycles. The number of thiophene rings is 1. The summed E-state index contributed by atoms with van der Waals surface area (Å²) in [4.78, 5) is 13.1. The summed E-state index contributed by atoms with van der Waals surface area (Å²) in [5, 5.41) is 2.98. The second-order valence-electron chi connectivity index (χ2n) is 4.88. The van der Waals surface area contributed by atoms with E-state index in [1.807, 2.05) is 35.7 Å². The predicted octanol–water partition coefficient (Wildman–Crippen LogP) is 5.96. The molecule has 0 radical (unpaired) electrons. The smallest absolute Gasteiger partial charge is 0.203 e. The van der Waals surface area contributed by atoms with Gasteiger partial charge < -0.3 is 4.74 Å². The number of carbonyl (C=O) groups excluding carboxylic acids is 1. The van der Waals surface area contributed by atoms with Crippen molar-refractivity contribution in [2.75, 3.05) is 7.11 Å². The standard InChI is InChI=1S/C18H12Cl2O2S/c1-22-16-9-11(18(21)17-3-2-6-23-17)4-5-15(16)12-7-13(19)10-14(20)8-12/h2-10H,1H3. The minimum Gasteiger partial charge on any atom is -0.496 e. The van der Waals surface area contributed by atoms with Crippen molar-refractivity contribution in [3.05, 3.63) is 74.4 Å². The summed E-state index contributed by atoms with van der Waals surface area (Å²) < 4.78 is 5.45. The van der Waals surface area contributed by atoms with Crippen molar-refractivity contribution in [1.82, 2.24) is 0 Å². The summed E-state index contributed by atoms with van der Waals surface area (Å²) in [7, 11) is 1.57. The van der Waals surface area contributed by atoms with Gasteiger partial charge in [0.05, 0.1) is 12.0 Å². The molecule has 0 atom stereocenters. The third-order valence-corrected chi connectivity index (χ3v) is 4.69. The monoisotopic (exact) mass is 362 g/mol. The lowest BCUT2D eigenvalue weighted by Gasteiger charge is -2.11. The quantitative estimate of drug-likeness (QED) is 0.535. The second-order valence-corrected chi connectivity index (χ2v) is 6.70. The lowest BCUT2D eigenvalue weighted by Crippen LogP contribution is -2.00. The molecule has 0 saturated carbocycles. The van der Waals surface area contributed by atoms with E-state index in [0.29, 0.717) is 26.2 Å². The van der Waals surface area contributed by atoms with Crippen LogP contribution in [0, 0.1) is 0 Å². The van der Waals surface area contributed by atoms with Gasteiger partial charge in [0, 0.05) is 21.2 Å². The Hall–Kier alpha value is -1.81. The van der Waals surface area contributed by atoms with E-state index in [2.05, 4.69) is 0 Å². The summed E-state index contributed by atoms with van der Waals surface area (Å²) in [6, 6.07) is 14.3. The average molecular weight is 363 g/mol. The van der Waals surface area contributed by atoms with Crippen molar-refractivity contribution >= 4 is 40.3 Å². The third kappa shape index (κ3) is 3.42. The van der Waals surface area contributed by atoms with Crippen LogP contribution in [0.2, 0.25) is 10.0 Å². The first-order valence-corrected chi connectivity index (χ1v) is 8.45. The molecule has 116 valence electrons. The Bertz CT molecular complexity index is 837. The maximum Gasteiger partial charge on any atom is 0.203 e. The van der Waals surface area contributed by atoms with Gasteiger partial charge in [-0.2, -0.15) is 0 Å². The first-order chi connectivity index (χ1) is 11.1. The van der Waals surface area contributed by atoms with Crippen molar-refractivity contribution in [3.63, 3.8) is 0 Å². The van der Waals surface area contributed by atoms with Gasteiger partial charge in [0.15, 0.2) is 0 Å². The molecule has 2 nitrogen and oxygen atoms in total. The van der Waals surface area contributed by atoms with Crippen molar-refractivity contribution in [1.29, 1.82) is 0 Å². The average Bonchev–Trinajstić information content (AvgIpc) is 3.07. The van der Waals surface area contributed by atoms with Gasteiger partial charge in [0.25, 0.3) is 0 Å². The number of rotatable bonds is 4. The van der Waals surface area contributed by atoms with E-state index in [4.69, 9.17) is 27.9 Å². The molecule has 0 amide bonds. The first kappa shape index (κ1) is 16.1. The van der Waals surface area contributed by atoms with Gasteiger partial charge in [0.1, 0.15) is 5.75 Å². The van der Waals surface area contributed by atoms with E-state index < -0.39 is 0 Å². The molecule has 3 rings (SSSR count). The van der Waals surface area contributed by atoms with Crippen LogP contribution in [-0.4, -0.2) is 12.9 Å². The zero-order valence-electron chi connectivity index (χ0n) is 12.2. The van der Waals surface area contributed by atoms with Gasteiger partial charge in [-0.3, -0.25) is 4.79 Å². The van der Waals surface area contributed by atoms with Crippen LogP contribution >= 0.6 is 34.5 Å². The number of hydrogen-bond acceptors (Lipinski definition) is 3. The Kier molecular flexibility index (Phi) is 4.71. The second kappa shape index (κ2) is 6.75. The summed E-state index contributed by atoms with van der Waals surface area (Å²) in [5.74, 6) is 0.583. The fraction of sp³-hybridized carbons (Fsp3) is 0.0556. The van der Waals surface area contributed by atoms with E-state index in [1.54, 1.807) is 25.3 Å². The predicted molar refractivity (Wildman–Crippen MR) is 96.2 cm³/mol. The number of benzene rings is 2. The molecule has 2 aromatic carbocycles. The number of hydrogen-bond donors (Lipinski definition) is 0. The highest BCUT2D eigenvalue weighted by Crippen LogP contribution is 2.34. The number of ketones is 1. The zero-order chi connectivity index (χ0) is 16.4. The fourth-order valence-electron chi connectivity index (χ4n) is 2.33. The molecule has 1 aromatic heterocycles. The molecular weight excluding hydrogens is 351 g/mol. The molecule has 0 aliphatic heterocycles. The fourth-order valence-corrected chi connectivity index (χ4v) is 3.54. The number of methoxy groups -OCH3 is 1. The van der Waals surface area contributed by atoms with Crippen LogP contribution in [0.15, 0.2) is 53.9 Å². The molecule has 3 aromatic rings. The first-order valence-electron chi connectivity index (χ1n) is 6.81. The van der Waals surface area contributed by atoms with Gasteiger partial charge in [-0.1, -0.05) is 35.3 Å². The van der Waals surface area contributed by atoms with Crippen LogP contribution in [0.1, 0.15) is 15.2 Å². The molecule has 0 unspecified atom stereocenters. The Morgan fingerprint density at radius 3 is 2.39 bits per heavy atom. The van der Waals surface area contributed by atoms with Crippen molar-refractivity contribution in [3.8, 4) is 16.9 Å². The normalized spacial score (nSPS) is 10.6. The van der Waals surface area contributed by atoms with Crippen LogP contribution < -0.4 is 4.74 Å². The molecule has 23 heavy (non-hydrogen) atoms. The molecule has 0 aliphatic rings. The summed E-state index contributed by atoms with van der Waals surface area (Å²) in [5.41, 5.74) is 2.26. The zero-order valence-corrected chi connectivity index (χ0v) is 14.5. The summed E-state index contributed by atoms with van der Waals surface area (Å²) >= 11 is 13.6. The van der Waals surface area contributed by atoms with Crippen LogP contribution in [0.25, 0.3) is 11.1 Å². The maximum absolute atomic E-state index is 12.4. The van der Waals surface area contributed by atoms with E-state index in [0.717, 1.165) is 11.1 Å². The minimum absolute atomic E-state index is 0.0195. The van der Waals surface area contributed by atoms with Crippen molar-refractivity contribution in [2.45, 2.75) is 0 Å². The molecule has 0 saturated heterocycles. The van der Waals surface area contributed by atoms with Crippen LogP contribution in [0.3, 0.4) is 0 Å². The Morgan fingerprint density at radius 1 is 1.04 bits per heavy atom. The van der Waals surface area contributed by atoms with Gasteiger partial charge in [-0.15, -0.1) is 11.3 Å². The van der Waals surface area contributed by atoms with Gasteiger partial charge in [-0.25, -0.2) is 0 Å². The van der Waals surface area contributed by atoms with Gasteiger partial charge in [-0.05, 0) is 47.3 Å². The van der Waals surface area contributed by atoms with Crippen molar-refractivity contribution < 1.29 is 9.53 Å². The molecule has 0 fully saturated rings. The summed E-state index contributed by atoms with van der Waals surface area (Å²) in [6.07, 6.45) is 0. The minimum atomic E-state index is -0.0195. The van der Waals surface area contributed by atoms with E-state index >= 15 is 0 Å². The highest BCUT2D eigenvalue weighted by Gasteiger charge is 2.14. The highest BCUT2D eigenvalue weighted by atomic mass is 35.5. The van der Waals surface area contributed by atoms with E-state index in [1.165, 1.54) is 11.3 Å². The largest absolute Gasteiger partial charge is 0.496 e. The van der Waals surface area contributed by atoms with Crippen LogP contribution in [0.5, 0.6) is 5.75 Å². The third-order valence-electron chi connectivity index (χ3n) is 3.38. The topological polar surface area (TPSA) is 26.3 Å². The molecule has 0 N–H and O–H groups in total. The van der Waals surface area contributed by atoms with E-state index in [9.17, 15) is 4.79 Å². The summed E-state index contributed by atoms with van der Waals surface area (Å²) in [6.45, 7) is 0. The molecule has 5 heteroatoms. The van der Waals surface area contributed by atoms with Gasteiger partial charge >= 0.3 is 0 Å². The lowest BCUT2D eigenvalue weighted by molar-refractivity contribution is 0.104. The molecular formula is C18H12Cl2O2S. The van der Waals surface area contributed by atoms with E-state index in [-0.39, 0.29) is 5.78 Å². The van der Waals surface area contributed by atoms with Crippen LogP contribution in [0.4, 0.5) is 0 Å². The Labute approximate surface area is 148 Å². The number of ether oxygens (including phenoxy) is 1. The molecule has 0 aliphatic carbocycles. The number of halogens is 2. The lowest BCUT2D eigenvalue weighted by atomic mass is 10.0. The highest BCUT2D eigenvalue weighted by molar-refractivity contribution is 7.12. The molecule has 0 bridgehead atoms. The molecule has 0 spiro atoms. The van der Waals surface area contributed by atoms with Crippen molar-refractivity contribution in [2.24, 2.45) is 0 Å². The SMILES string of the molecule is COc1cc(C(=O)c2cccs2)ccc1-c1cc(Cl)cc(Cl)c1. The number of carbonyl (C=O) groups is 1. The Morgan fingerprint density at radius 2 is 1.78 bits per heavy atom. The maximum atomic E-state index is 12.4. The van der Waals surface area contributed by atoms with Crippen LogP contribution in [-0.2, 0) is 0 Å². The Balaban J connectivity index is 2.05. The van der Waals surface area contributed by atoms with Gasteiger partial charge in [0.2, 0.25) is 5.78 Å².